The fourth-order valence-electron chi connectivity index (χ4n) is 5.33. The Morgan fingerprint density at radius 2 is 1.87 bits per heavy atom. The third-order valence-corrected chi connectivity index (χ3v) is 7.39. The molecule has 160 valence electrons. The van der Waals surface area contributed by atoms with Gasteiger partial charge in [0.2, 0.25) is 5.91 Å². The van der Waals surface area contributed by atoms with Crippen LogP contribution in [0.1, 0.15) is 50.1 Å². The summed E-state index contributed by atoms with van der Waals surface area (Å²) in [5.74, 6) is 0.841. The number of rotatable bonds is 5. The van der Waals surface area contributed by atoms with Gasteiger partial charge in [0, 0.05) is 25.8 Å². The lowest BCUT2D eigenvalue weighted by molar-refractivity contribution is -0.135. The molecule has 3 fully saturated rings. The van der Waals surface area contributed by atoms with Gasteiger partial charge in [0.25, 0.3) is 0 Å². The molecule has 31 heavy (non-hydrogen) atoms. The first kappa shape index (κ1) is 18.8. The highest BCUT2D eigenvalue weighted by molar-refractivity contribution is 5.91. The number of pyridine rings is 1. The molecule has 1 saturated heterocycles. The van der Waals surface area contributed by atoms with Crippen LogP contribution in [0.5, 0.6) is 0 Å². The van der Waals surface area contributed by atoms with Crippen molar-refractivity contribution in [1.82, 2.24) is 19.0 Å². The van der Waals surface area contributed by atoms with E-state index in [2.05, 4.69) is 17.1 Å². The third kappa shape index (κ3) is 3.11. The number of hydrogen-bond acceptors (Lipinski definition) is 3. The van der Waals surface area contributed by atoms with E-state index in [9.17, 15) is 9.59 Å². The molecule has 6 rings (SSSR count). The highest BCUT2D eigenvalue weighted by atomic mass is 16.2. The Morgan fingerprint density at radius 3 is 2.61 bits per heavy atom. The summed E-state index contributed by atoms with van der Waals surface area (Å²) in [5.41, 5.74) is 2.49. The van der Waals surface area contributed by atoms with E-state index >= 15 is 0 Å². The maximum Gasteiger partial charge on any atom is 0.330 e. The molecule has 1 atom stereocenters. The zero-order valence-corrected chi connectivity index (χ0v) is 17.7. The van der Waals surface area contributed by atoms with Crippen LogP contribution in [0.15, 0.2) is 53.5 Å². The van der Waals surface area contributed by atoms with E-state index in [0.29, 0.717) is 12.5 Å². The van der Waals surface area contributed by atoms with Crippen molar-refractivity contribution in [2.24, 2.45) is 5.92 Å². The van der Waals surface area contributed by atoms with Crippen LogP contribution >= 0.6 is 0 Å². The van der Waals surface area contributed by atoms with Crippen molar-refractivity contribution in [1.29, 1.82) is 0 Å². The Bertz CT molecular complexity index is 1190. The van der Waals surface area contributed by atoms with E-state index < -0.39 is 0 Å². The van der Waals surface area contributed by atoms with E-state index in [1.54, 1.807) is 6.20 Å². The molecular weight excluding hydrogens is 388 g/mol. The summed E-state index contributed by atoms with van der Waals surface area (Å²) < 4.78 is 3.78. The fraction of sp³-hybridized carbons (Fsp3) is 0.480. The second-order valence-corrected chi connectivity index (χ2v) is 9.55. The molecule has 0 spiro atoms. The molecule has 0 bridgehead atoms. The molecule has 2 aromatic heterocycles. The van der Waals surface area contributed by atoms with E-state index in [-0.39, 0.29) is 23.1 Å². The fourth-order valence-corrected chi connectivity index (χ4v) is 5.33. The van der Waals surface area contributed by atoms with Crippen molar-refractivity contribution in [3.63, 3.8) is 0 Å². The lowest BCUT2D eigenvalue weighted by Crippen LogP contribution is -2.47. The van der Waals surface area contributed by atoms with E-state index in [1.165, 1.54) is 12.8 Å². The molecule has 6 nitrogen and oxygen atoms in total. The minimum Gasteiger partial charge on any atom is -0.340 e. The molecule has 2 saturated carbocycles. The molecule has 3 aliphatic rings. The van der Waals surface area contributed by atoms with Gasteiger partial charge in [0.05, 0.1) is 17.0 Å². The zero-order valence-electron chi connectivity index (χ0n) is 17.7. The minimum atomic E-state index is -0.355. The third-order valence-electron chi connectivity index (χ3n) is 7.39. The van der Waals surface area contributed by atoms with E-state index in [0.717, 1.165) is 55.5 Å². The first-order valence-corrected chi connectivity index (χ1v) is 11.6. The number of amides is 1. The van der Waals surface area contributed by atoms with Crippen LogP contribution in [0.2, 0.25) is 0 Å². The molecular formula is C25H28N4O2. The minimum absolute atomic E-state index is 0.0189. The first-order valence-electron chi connectivity index (χ1n) is 11.6. The van der Waals surface area contributed by atoms with Crippen molar-refractivity contribution in [3.8, 4) is 0 Å². The topological polar surface area (TPSA) is 60.1 Å². The van der Waals surface area contributed by atoms with Crippen LogP contribution in [0, 0.1) is 5.92 Å². The lowest BCUT2D eigenvalue weighted by atomic mass is 9.93. The maximum atomic E-state index is 13.6. The highest BCUT2D eigenvalue weighted by Gasteiger charge is 2.53. The molecule has 1 amide bonds. The Hall–Kier alpha value is -2.89. The Morgan fingerprint density at radius 1 is 1.06 bits per heavy atom. The van der Waals surface area contributed by atoms with Crippen molar-refractivity contribution in [2.45, 2.75) is 56.5 Å². The summed E-state index contributed by atoms with van der Waals surface area (Å²) in [5, 5.41) is 0. The van der Waals surface area contributed by atoms with Crippen molar-refractivity contribution >= 4 is 17.1 Å². The second-order valence-electron chi connectivity index (χ2n) is 9.55. The monoisotopic (exact) mass is 416 g/mol. The van der Waals surface area contributed by atoms with Crippen LogP contribution < -0.4 is 5.69 Å². The molecule has 6 heteroatoms. The number of imidazole rings is 1. The SMILES string of the molecule is O=C(N1CCC[C@H](n2c(=O)n(CC3CC3)c3cccnc32)C1)C1(c2ccccc2)CC1. The number of fused-ring (bicyclic) bond motifs is 1. The average Bonchev–Trinajstić information content (AvgIpc) is 3.74. The summed E-state index contributed by atoms with van der Waals surface area (Å²) in [4.78, 5) is 33.6. The smallest absolute Gasteiger partial charge is 0.330 e. The van der Waals surface area contributed by atoms with Crippen LogP contribution in [-0.4, -0.2) is 38.0 Å². The standard InChI is InChI=1S/C25H28N4O2/c30-23(25(12-13-25)19-6-2-1-3-7-19)27-15-5-8-20(17-27)29-22-21(9-4-14-26-22)28(24(29)31)16-18-10-11-18/h1-4,6-7,9,14,18,20H,5,8,10-13,15-17H2/t20-/m0/s1. The summed E-state index contributed by atoms with van der Waals surface area (Å²) >= 11 is 0. The molecule has 2 aliphatic carbocycles. The van der Waals surface area contributed by atoms with Crippen molar-refractivity contribution < 1.29 is 4.79 Å². The van der Waals surface area contributed by atoms with Gasteiger partial charge < -0.3 is 4.90 Å². The van der Waals surface area contributed by atoms with Gasteiger partial charge in [-0.05, 0) is 62.1 Å². The van der Waals surface area contributed by atoms with Gasteiger partial charge in [-0.2, -0.15) is 0 Å². The van der Waals surface area contributed by atoms with Gasteiger partial charge in [-0.1, -0.05) is 30.3 Å². The number of hydrogen-bond donors (Lipinski definition) is 0. The number of nitrogens with zero attached hydrogens (tertiary/aromatic N) is 4. The van der Waals surface area contributed by atoms with E-state index in [1.807, 2.05) is 44.4 Å². The predicted molar refractivity (Wildman–Crippen MR) is 119 cm³/mol. The summed E-state index contributed by atoms with van der Waals surface area (Å²) in [6, 6.07) is 14.1. The van der Waals surface area contributed by atoms with Gasteiger partial charge in [0.1, 0.15) is 0 Å². The highest BCUT2D eigenvalue weighted by Crippen LogP contribution is 2.50. The van der Waals surface area contributed by atoms with Crippen molar-refractivity contribution in [3.05, 3.63) is 64.7 Å². The molecule has 3 heterocycles. The maximum absolute atomic E-state index is 13.6. The molecule has 3 aromatic rings. The Balaban J connectivity index is 1.32. The van der Waals surface area contributed by atoms with Crippen LogP contribution in [0.3, 0.4) is 0 Å². The lowest BCUT2D eigenvalue weighted by Gasteiger charge is -2.35. The van der Waals surface area contributed by atoms with E-state index in [4.69, 9.17) is 0 Å². The number of benzene rings is 1. The number of likely N-dealkylation sites (tertiary alicyclic amines) is 1. The summed E-state index contributed by atoms with van der Waals surface area (Å²) in [7, 11) is 0. The number of carbonyl (C=O) groups excluding carboxylic acids is 1. The van der Waals surface area contributed by atoms with Gasteiger partial charge in [-0.15, -0.1) is 0 Å². The quantitative estimate of drug-likeness (QED) is 0.640. The van der Waals surface area contributed by atoms with Crippen molar-refractivity contribution in [2.75, 3.05) is 13.1 Å². The molecule has 0 radical (unpaired) electrons. The summed E-state index contributed by atoms with van der Waals surface area (Å²) in [6.07, 6.45) is 7.81. The number of piperidine rings is 1. The summed E-state index contributed by atoms with van der Waals surface area (Å²) in [6.45, 7) is 2.14. The molecule has 1 aliphatic heterocycles. The van der Waals surface area contributed by atoms with Crippen LogP contribution in [0.4, 0.5) is 0 Å². The second kappa shape index (κ2) is 7.08. The Kier molecular flexibility index (Phi) is 4.30. The van der Waals surface area contributed by atoms with Gasteiger partial charge in [0.15, 0.2) is 5.65 Å². The largest absolute Gasteiger partial charge is 0.340 e. The average molecular weight is 417 g/mol. The molecule has 1 aromatic carbocycles. The molecule has 0 N–H and O–H groups in total. The van der Waals surface area contributed by atoms with Gasteiger partial charge in [-0.3, -0.25) is 13.9 Å². The number of carbonyl (C=O) groups is 1. The predicted octanol–water partition coefficient (Wildman–Crippen LogP) is 3.50. The number of aromatic nitrogens is 3. The zero-order chi connectivity index (χ0) is 21.0. The normalized spacial score (nSPS) is 22.6. The van der Waals surface area contributed by atoms with Gasteiger partial charge >= 0.3 is 5.69 Å². The van der Waals surface area contributed by atoms with Gasteiger partial charge in [-0.25, -0.2) is 9.78 Å². The van der Waals surface area contributed by atoms with Crippen LogP contribution in [0.25, 0.3) is 11.2 Å². The Labute approximate surface area is 181 Å². The molecule has 0 unspecified atom stereocenters. The van der Waals surface area contributed by atoms with Crippen LogP contribution in [-0.2, 0) is 16.8 Å². The first-order chi connectivity index (χ1) is 15.2.